The van der Waals surface area contributed by atoms with E-state index in [1.54, 1.807) is 7.11 Å². The van der Waals surface area contributed by atoms with Crippen molar-refractivity contribution in [2.75, 3.05) is 13.7 Å². The second-order valence-electron chi connectivity index (χ2n) is 3.91. The van der Waals surface area contributed by atoms with Crippen LogP contribution in [0.3, 0.4) is 0 Å². The van der Waals surface area contributed by atoms with E-state index < -0.39 is 0 Å². The Balaban J connectivity index is 2.29. The van der Waals surface area contributed by atoms with Gasteiger partial charge in [-0.1, -0.05) is 13.3 Å². The van der Waals surface area contributed by atoms with Crippen molar-refractivity contribution in [3.05, 3.63) is 0 Å². The molecule has 1 aliphatic rings. The van der Waals surface area contributed by atoms with Gasteiger partial charge in [0.2, 0.25) is 0 Å². The first kappa shape index (κ1) is 10.0. The minimum Gasteiger partial charge on any atom is -0.393 e. The minimum absolute atomic E-state index is 0.0647. The molecule has 1 N–H and O–H groups in total. The van der Waals surface area contributed by atoms with Crippen LogP contribution < -0.4 is 0 Å². The highest BCUT2D eigenvalue weighted by Gasteiger charge is 2.31. The van der Waals surface area contributed by atoms with Crippen molar-refractivity contribution in [3.8, 4) is 0 Å². The van der Waals surface area contributed by atoms with Crippen molar-refractivity contribution in [1.29, 1.82) is 0 Å². The van der Waals surface area contributed by atoms with Crippen LogP contribution in [0.2, 0.25) is 0 Å². The predicted octanol–water partition coefficient (Wildman–Crippen LogP) is 1.82. The molecule has 3 atom stereocenters. The van der Waals surface area contributed by atoms with Crippen molar-refractivity contribution in [2.45, 2.75) is 38.7 Å². The van der Waals surface area contributed by atoms with E-state index in [0.717, 1.165) is 19.4 Å². The maximum Gasteiger partial charge on any atom is 0.0572 e. The fourth-order valence-electron chi connectivity index (χ4n) is 2.27. The molecule has 0 heterocycles. The Kier molecular flexibility index (Phi) is 4.02. The summed E-state index contributed by atoms with van der Waals surface area (Å²) in [6, 6.07) is 0. The third-order valence-electron chi connectivity index (χ3n) is 2.82. The molecule has 0 aromatic heterocycles. The number of rotatable bonds is 4. The summed E-state index contributed by atoms with van der Waals surface area (Å²) in [5, 5.41) is 9.66. The molecule has 2 heteroatoms. The Labute approximate surface area is 74.9 Å². The minimum atomic E-state index is -0.0647. The molecule has 72 valence electrons. The lowest BCUT2D eigenvalue weighted by molar-refractivity contribution is 0.118. The molecule has 1 fully saturated rings. The van der Waals surface area contributed by atoms with Crippen LogP contribution in [0.15, 0.2) is 0 Å². The number of ether oxygens (including phenoxy) is 1. The Hall–Kier alpha value is -0.0800. The highest BCUT2D eigenvalue weighted by Crippen LogP contribution is 2.34. The van der Waals surface area contributed by atoms with E-state index in [9.17, 15) is 5.11 Å². The Morgan fingerprint density at radius 3 is 2.75 bits per heavy atom. The molecular formula is C10H20O2. The first-order valence-electron chi connectivity index (χ1n) is 4.95. The number of hydrogen-bond acceptors (Lipinski definition) is 2. The second kappa shape index (κ2) is 4.83. The van der Waals surface area contributed by atoms with Gasteiger partial charge in [-0.05, 0) is 31.1 Å². The van der Waals surface area contributed by atoms with Crippen LogP contribution in [0.4, 0.5) is 0 Å². The molecule has 0 amide bonds. The molecule has 1 rings (SSSR count). The van der Waals surface area contributed by atoms with Crippen LogP contribution in [-0.2, 0) is 4.74 Å². The van der Waals surface area contributed by atoms with Crippen molar-refractivity contribution >= 4 is 0 Å². The molecular weight excluding hydrogens is 152 g/mol. The predicted molar refractivity (Wildman–Crippen MR) is 49.0 cm³/mol. The third-order valence-corrected chi connectivity index (χ3v) is 2.82. The SMILES string of the molecule is CCCC1CC(COC)CC1O. The Morgan fingerprint density at radius 1 is 1.42 bits per heavy atom. The van der Waals surface area contributed by atoms with Crippen LogP contribution in [0.25, 0.3) is 0 Å². The lowest BCUT2D eigenvalue weighted by Gasteiger charge is -2.11. The number of methoxy groups -OCH3 is 1. The van der Waals surface area contributed by atoms with E-state index in [4.69, 9.17) is 4.74 Å². The van der Waals surface area contributed by atoms with Crippen molar-refractivity contribution in [1.82, 2.24) is 0 Å². The topological polar surface area (TPSA) is 29.5 Å². The van der Waals surface area contributed by atoms with E-state index in [0.29, 0.717) is 11.8 Å². The van der Waals surface area contributed by atoms with Crippen LogP contribution in [0.1, 0.15) is 32.6 Å². The molecule has 0 aliphatic heterocycles. The quantitative estimate of drug-likeness (QED) is 0.701. The van der Waals surface area contributed by atoms with E-state index in [1.807, 2.05) is 0 Å². The fourth-order valence-corrected chi connectivity index (χ4v) is 2.27. The molecule has 1 saturated carbocycles. The molecule has 0 spiro atoms. The molecule has 0 aromatic carbocycles. The molecule has 0 saturated heterocycles. The molecule has 0 aromatic rings. The molecule has 1 aliphatic carbocycles. The average Bonchev–Trinajstić information content (AvgIpc) is 2.34. The van der Waals surface area contributed by atoms with Crippen LogP contribution in [0.5, 0.6) is 0 Å². The van der Waals surface area contributed by atoms with Crippen molar-refractivity contribution in [3.63, 3.8) is 0 Å². The van der Waals surface area contributed by atoms with Crippen molar-refractivity contribution in [2.24, 2.45) is 11.8 Å². The first-order chi connectivity index (χ1) is 5.77. The number of aliphatic hydroxyl groups is 1. The maximum atomic E-state index is 9.66. The molecule has 12 heavy (non-hydrogen) atoms. The van der Waals surface area contributed by atoms with E-state index in [2.05, 4.69) is 6.92 Å². The van der Waals surface area contributed by atoms with Gasteiger partial charge in [0.15, 0.2) is 0 Å². The number of hydrogen-bond donors (Lipinski definition) is 1. The van der Waals surface area contributed by atoms with E-state index in [-0.39, 0.29) is 6.10 Å². The van der Waals surface area contributed by atoms with Gasteiger partial charge in [0.05, 0.1) is 6.10 Å². The molecule has 2 nitrogen and oxygen atoms in total. The summed E-state index contributed by atoms with van der Waals surface area (Å²) in [5.41, 5.74) is 0. The zero-order chi connectivity index (χ0) is 8.97. The highest BCUT2D eigenvalue weighted by atomic mass is 16.5. The third kappa shape index (κ3) is 2.46. The lowest BCUT2D eigenvalue weighted by Crippen LogP contribution is -2.12. The maximum absolute atomic E-state index is 9.66. The van der Waals surface area contributed by atoms with Crippen LogP contribution >= 0.6 is 0 Å². The summed E-state index contributed by atoms with van der Waals surface area (Å²) < 4.78 is 5.09. The van der Waals surface area contributed by atoms with E-state index >= 15 is 0 Å². The van der Waals surface area contributed by atoms with Crippen LogP contribution in [-0.4, -0.2) is 24.9 Å². The standard InChI is InChI=1S/C10H20O2/c1-3-4-9-5-8(7-12-2)6-10(9)11/h8-11H,3-7H2,1-2H3. The van der Waals surface area contributed by atoms with Gasteiger partial charge >= 0.3 is 0 Å². The Morgan fingerprint density at radius 2 is 2.17 bits per heavy atom. The Bertz CT molecular complexity index is 125. The average molecular weight is 172 g/mol. The molecule has 0 bridgehead atoms. The number of aliphatic hydroxyl groups excluding tert-OH is 1. The zero-order valence-corrected chi connectivity index (χ0v) is 8.12. The summed E-state index contributed by atoms with van der Waals surface area (Å²) in [6.07, 6.45) is 4.38. The van der Waals surface area contributed by atoms with Gasteiger partial charge in [-0.25, -0.2) is 0 Å². The van der Waals surface area contributed by atoms with Gasteiger partial charge in [0, 0.05) is 13.7 Å². The monoisotopic (exact) mass is 172 g/mol. The van der Waals surface area contributed by atoms with Gasteiger partial charge in [-0.15, -0.1) is 0 Å². The smallest absolute Gasteiger partial charge is 0.0572 e. The molecule has 3 unspecified atom stereocenters. The van der Waals surface area contributed by atoms with Gasteiger partial charge < -0.3 is 9.84 Å². The second-order valence-corrected chi connectivity index (χ2v) is 3.91. The van der Waals surface area contributed by atoms with Gasteiger partial charge in [0.25, 0.3) is 0 Å². The summed E-state index contributed by atoms with van der Waals surface area (Å²) in [5.74, 6) is 1.14. The highest BCUT2D eigenvalue weighted by molar-refractivity contribution is 4.82. The zero-order valence-electron chi connectivity index (χ0n) is 8.12. The van der Waals surface area contributed by atoms with Gasteiger partial charge in [0.1, 0.15) is 0 Å². The summed E-state index contributed by atoms with van der Waals surface area (Å²) >= 11 is 0. The summed E-state index contributed by atoms with van der Waals surface area (Å²) in [4.78, 5) is 0. The van der Waals surface area contributed by atoms with Gasteiger partial charge in [-0.2, -0.15) is 0 Å². The van der Waals surface area contributed by atoms with Crippen molar-refractivity contribution < 1.29 is 9.84 Å². The van der Waals surface area contributed by atoms with Crippen LogP contribution in [0, 0.1) is 11.8 Å². The van der Waals surface area contributed by atoms with E-state index in [1.165, 1.54) is 12.8 Å². The normalized spacial score (nSPS) is 35.8. The fraction of sp³-hybridized carbons (Fsp3) is 1.00. The summed E-state index contributed by atoms with van der Waals surface area (Å²) in [6.45, 7) is 2.99. The largest absolute Gasteiger partial charge is 0.393 e. The summed E-state index contributed by atoms with van der Waals surface area (Å²) in [7, 11) is 1.74. The van der Waals surface area contributed by atoms with Gasteiger partial charge in [-0.3, -0.25) is 0 Å². The first-order valence-corrected chi connectivity index (χ1v) is 4.95. The lowest BCUT2D eigenvalue weighted by atomic mass is 9.99. The molecule has 0 radical (unpaired) electrons.